The number of alkyl carbamates (subject to hydrolysis) is 2. The van der Waals surface area contributed by atoms with Crippen molar-refractivity contribution >= 4 is 47.6 Å². The van der Waals surface area contributed by atoms with Crippen LogP contribution in [0.1, 0.15) is 87.6 Å². The van der Waals surface area contributed by atoms with Crippen LogP contribution in [0.4, 0.5) is 9.59 Å². The number of hydrogen-bond acceptors (Lipinski definition) is 10. The number of nitrogens with one attached hydrogen (secondary N) is 5. The number of benzene rings is 5. The van der Waals surface area contributed by atoms with Crippen molar-refractivity contribution in [3.05, 3.63) is 167 Å². The second-order valence-corrected chi connectivity index (χ2v) is 19.9. The van der Waals surface area contributed by atoms with E-state index in [0.717, 1.165) is 38.9 Å². The molecule has 0 radical (unpaired) electrons. The van der Waals surface area contributed by atoms with Gasteiger partial charge in [0.15, 0.2) is 0 Å². The molecule has 1 aliphatic carbocycles. The summed E-state index contributed by atoms with van der Waals surface area (Å²) in [4.78, 5) is 81.4. The quantitative estimate of drug-likeness (QED) is 0.0196. The zero-order valence-electron chi connectivity index (χ0n) is 41.2. The van der Waals surface area contributed by atoms with Crippen LogP contribution in [0.15, 0.2) is 140 Å². The van der Waals surface area contributed by atoms with Crippen molar-refractivity contribution in [3.63, 3.8) is 0 Å². The summed E-state index contributed by atoms with van der Waals surface area (Å²) < 4.78 is 15.1. The smallest absolute Gasteiger partial charge is 0.407 e. The fourth-order valence-electron chi connectivity index (χ4n) is 8.59. The van der Waals surface area contributed by atoms with E-state index in [9.17, 15) is 28.8 Å². The van der Waals surface area contributed by atoms with E-state index in [-0.39, 0.29) is 31.2 Å². The minimum atomic E-state index is -1.28. The third-order valence-electron chi connectivity index (χ3n) is 12.1. The fraction of sp³-hybridized carbons (Fsp3) is 0.357. The van der Waals surface area contributed by atoms with E-state index in [0.29, 0.717) is 12.8 Å². The van der Waals surface area contributed by atoms with Crippen molar-refractivity contribution in [1.29, 1.82) is 0 Å². The Kier molecular flexibility index (Phi) is 18.8. The zero-order chi connectivity index (χ0) is 51.0. The van der Waals surface area contributed by atoms with E-state index in [1.165, 1.54) is 18.9 Å². The third kappa shape index (κ3) is 14.2. The Bertz CT molecular complexity index is 2450. The molecule has 5 N–H and O–H groups in total. The van der Waals surface area contributed by atoms with Crippen molar-refractivity contribution in [2.75, 3.05) is 32.6 Å². The summed E-state index contributed by atoms with van der Waals surface area (Å²) >= 11 is 1.43. The summed E-state index contributed by atoms with van der Waals surface area (Å²) in [6.07, 6.45) is -0.489. The molecular weight excluding hydrogens is 919 g/mol. The molecule has 374 valence electrons. The monoisotopic (exact) mass is 983 g/mol. The Morgan fingerprint density at radius 3 is 1.61 bits per heavy atom. The van der Waals surface area contributed by atoms with Crippen LogP contribution >= 0.6 is 11.8 Å². The van der Waals surface area contributed by atoms with E-state index in [4.69, 9.17) is 14.2 Å². The summed E-state index contributed by atoms with van der Waals surface area (Å²) in [5.41, 5.74) is 6.25. The topological polar surface area (TPSA) is 190 Å². The highest BCUT2D eigenvalue weighted by Gasteiger charge is 2.40. The number of fused-ring (bicyclic) bond motifs is 3. The van der Waals surface area contributed by atoms with Crippen LogP contribution in [0.5, 0.6) is 0 Å². The Morgan fingerprint density at radius 1 is 0.592 bits per heavy atom. The maximum absolute atomic E-state index is 14.8. The van der Waals surface area contributed by atoms with E-state index in [1.807, 2.05) is 140 Å². The molecule has 0 aromatic heterocycles. The molecule has 5 amide bonds. The first kappa shape index (κ1) is 53.2. The number of unbranched alkanes of at least 4 members (excludes halogenated alkanes) is 1. The fourth-order valence-corrected chi connectivity index (χ4v) is 10.2. The maximum atomic E-state index is 14.8. The highest BCUT2D eigenvalue weighted by atomic mass is 32.2. The SMILES string of the molecule is COC(=O)CNC(=O)[C@H](NC(=O)[C@@H](CSC(c1ccccc1)(c1ccccc1)c1ccccc1)NC(=O)[C@@H](CCCCNC(=O)OC(C)(C)C)NC(=O)OCC1c2ccccc2-c2ccccc21)C(C)C. The number of rotatable bonds is 22. The molecule has 15 heteroatoms. The van der Waals surface area contributed by atoms with Crippen LogP contribution in [-0.2, 0) is 38.1 Å². The molecule has 1 aliphatic rings. The Morgan fingerprint density at radius 2 is 1.10 bits per heavy atom. The highest BCUT2D eigenvalue weighted by Crippen LogP contribution is 2.49. The number of methoxy groups -OCH3 is 1. The van der Waals surface area contributed by atoms with Gasteiger partial charge in [-0.3, -0.25) is 19.2 Å². The van der Waals surface area contributed by atoms with Crippen molar-refractivity contribution in [1.82, 2.24) is 26.6 Å². The van der Waals surface area contributed by atoms with Gasteiger partial charge in [0.2, 0.25) is 17.7 Å². The van der Waals surface area contributed by atoms with E-state index in [2.05, 4.69) is 26.6 Å². The normalized spacial score (nSPS) is 13.3. The van der Waals surface area contributed by atoms with Crippen molar-refractivity contribution in [3.8, 4) is 11.1 Å². The van der Waals surface area contributed by atoms with Crippen LogP contribution in [0, 0.1) is 5.92 Å². The van der Waals surface area contributed by atoms with Gasteiger partial charge in [-0.25, -0.2) is 9.59 Å². The first-order valence-electron chi connectivity index (χ1n) is 24.0. The summed E-state index contributed by atoms with van der Waals surface area (Å²) in [7, 11) is 1.21. The Hall–Kier alpha value is -7.13. The van der Waals surface area contributed by atoms with E-state index < -0.39 is 76.8 Å². The minimum Gasteiger partial charge on any atom is -0.468 e. The standard InChI is InChI=1S/C56H65N5O9S/c1-37(2)49(52(65)58-34-48(62)68-6)61-51(64)47(36-71-56(38-22-10-7-11-23-38,39-24-12-8-13-25-39)40-26-14-9-15-27-40)59-50(63)46(32-20-21-33-57-53(66)70-55(3,4)5)60-54(67)69-35-45-43-30-18-16-28-41(43)42-29-17-19-31-44(42)45/h7-19,22-31,37,45-47,49H,20-21,32-36H2,1-6H3,(H,57,66)(H,58,65)(H,59,63)(H,60,67)(H,61,64)/t46-,47-,49-/m1/s1. The zero-order valence-corrected chi connectivity index (χ0v) is 42.0. The molecular formula is C56H65N5O9S. The van der Waals surface area contributed by atoms with Gasteiger partial charge in [0.25, 0.3) is 0 Å². The van der Waals surface area contributed by atoms with Gasteiger partial charge >= 0.3 is 18.2 Å². The highest BCUT2D eigenvalue weighted by molar-refractivity contribution is 8.00. The second kappa shape index (κ2) is 25.1. The molecule has 0 unspecified atom stereocenters. The number of hydrogen-bond donors (Lipinski definition) is 5. The number of thioether (sulfide) groups is 1. The molecule has 0 saturated carbocycles. The lowest BCUT2D eigenvalue weighted by Gasteiger charge is -2.37. The largest absolute Gasteiger partial charge is 0.468 e. The van der Waals surface area contributed by atoms with Crippen LogP contribution in [0.25, 0.3) is 11.1 Å². The van der Waals surface area contributed by atoms with Crippen LogP contribution < -0.4 is 26.6 Å². The van der Waals surface area contributed by atoms with Crippen LogP contribution in [0.2, 0.25) is 0 Å². The molecule has 5 aromatic rings. The van der Waals surface area contributed by atoms with Crippen LogP contribution in [0.3, 0.4) is 0 Å². The molecule has 71 heavy (non-hydrogen) atoms. The summed E-state index contributed by atoms with van der Waals surface area (Å²) in [6.45, 7) is 8.65. The Balaban J connectivity index is 1.30. The summed E-state index contributed by atoms with van der Waals surface area (Å²) in [5.74, 6) is -3.29. The number of carbonyl (C=O) groups is 6. The molecule has 0 aliphatic heterocycles. The van der Waals surface area contributed by atoms with Gasteiger partial charge in [0.1, 0.15) is 36.9 Å². The molecule has 14 nitrogen and oxygen atoms in total. The summed E-state index contributed by atoms with van der Waals surface area (Å²) in [5, 5.41) is 13.9. The summed E-state index contributed by atoms with van der Waals surface area (Å²) in [6, 6.07) is 42.0. The molecule has 3 atom stereocenters. The molecule has 0 saturated heterocycles. The third-order valence-corrected chi connectivity index (χ3v) is 13.7. The predicted molar refractivity (Wildman–Crippen MR) is 275 cm³/mol. The Labute approximate surface area is 420 Å². The van der Waals surface area contributed by atoms with Crippen molar-refractivity contribution in [2.24, 2.45) is 5.92 Å². The second-order valence-electron chi connectivity index (χ2n) is 18.6. The minimum absolute atomic E-state index is 0.00481. The lowest BCUT2D eigenvalue weighted by atomic mass is 9.84. The van der Waals surface area contributed by atoms with Gasteiger partial charge in [-0.2, -0.15) is 0 Å². The average Bonchev–Trinajstić information content (AvgIpc) is 3.69. The number of carbonyl (C=O) groups excluding carboxylic acids is 6. The van der Waals surface area contributed by atoms with E-state index in [1.54, 1.807) is 34.6 Å². The van der Waals surface area contributed by atoms with Gasteiger partial charge in [-0.1, -0.05) is 153 Å². The van der Waals surface area contributed by atoms with Gasteiger partial charge in [-0.05, 0) is 84.9 Å². The van der Waals surface area contributed by atoms with E-state index >= 15 is 0 Å². The first-order valence-corrected chi connectivity index (χ1v) is 24.9. The predicted octanol–water partition coefficient (Wildman–Crippen LogP) is 8.23. The van der Waals surface area contributed by atoms with Gasteiger partial charge < -0.3 is 40.8 Å². The number of ether oxygens (including phenoxy) is 3. The molecule has 0 heterocycles. The molecule has 0 fully saturated rings. The first-order chi connectivity index (χ1) is 34.1. The number of esters is 1. The lowest BCUT2D eigenvalue weighted by Crippen LogP contribution is -2.59. The average molecular weight is 984 g/mol. The number of amides is 5. The molecule has 0 bridgehead atoms. The van der Waals surface area contributed by atoms with Crippen molar-refractivity contribution in [2.45, 2.75) is 88.3 Å². The molecule has 0 spiro atoms. The van der Waals surface area contributed by atoms with Crippen LogP contribution in [-0.4, -0.2) is 92.2 Å². The maximum Gasteiger partial charge on any atom is 0.407 e. The van der Waals surface area contributed by atoms with Gasteiger partial charge in [-0.15, -0.1) is 11.8 Å². The molecule has 6 rings (SSSR count). The lowest BCUT2D eigenvalue weighted by molar-refractivity contribution is -0.141. The van der Waals surface area contributed by atoms with Crippen molar-refractivity contribution < 1.29 is 43.0 Å². The molecule has 5 aromatic carbocycles. The van der Waals surface area contributed by atoms with Gasteiger partial charge in [0.05, 0.1) is 11.9 Å². The van der Waals surface area contributed by atoms with Gasteiger partial charge in [0, 0.05) is 18.2 Å².